The standard InChI is InChI=1S/C16H22ClNO3/c17-13-7-3-2-6-12(13)14(19)10-9-11-5-1-4-8-15(11)21-16(18)20/h2-3,6-7,11,14-15,19H,1,4-5,8-10H2,(H2,18,20)/t11-,14+,15-/m1/s1. The van der Waals surface area contributed by atoms with E-state index in [2.05, 4.69) is 0 Å². The summed E-state index contributed by atoms with van der Waals surface area (Å²) in [6, 6.07) is 7.32. The minimum absolute atomic E-state index is 0.116. The SMILES string of the molecule is NC(=O)O[C@@H]1CCCC[C@@H]1CC[C@H](O)c1ccccc1Cl. The van der Waals surface area contributed by atoms with Crippen LogP contribution < -0.4 is 5.73 Å². The summed E-state index contributed by atoms with van der Waals surface area (Å²) in [6.07, 6.45) is 4.04. The predicted molar refractivity (Wildman–Crippen MR) is 82.1 cm³/mol. The van der Waals surface area contributed by atoms with Crippen LogP contribution in [-0.2, 0) is 4.74 Å². The topological polar surface area (TPSA) is 72.6 Å². The minimum atomic E-state index is -0.710. The Hall–Kier alpha value is -1.26. The van der Waals surface area contributed by atoms with Gasteiger partial charge in [0.1, 0.15) is 6.10 Å². The molecule has 3 atom stereocenters. The molecule has 5 heteroatoms. The fourth-order valence-electron chi connectivity index (χ4n) is 3.08. The maximum atomic E-state index is 11.0. The molecule has 4 nitrogen and oxygen atoms in total. The lowest BCUT2D eigenvalue weighted by Gasteiger charge is -2.31. The van der Waals surface area contributed by atoms with Crippen LogP contribution in [-0.4, -0.2) is 17.3 Å². The van der Waals surface area contributed by atoms with Gasteiger partial charge in [0, 0.05) is 5.02 Å². The molecular weight excluding hydrogens is 290 g/mol. The number of amides is 1. The first-order chi connectivity index (χ1) is 10.1. The summed E-state index contributed by atoms with van der Waals surface area (Å²) in [5.41, 5.74) is 5.88. The van der Waals surface area contributed by atoms with Crippen LogP contribution in [0.2, 0.25) is 5.02 Å². The highest BCUT2D eigenvalue weighted by atomic mass is 35.5. The van der Waals surface area contributed by atoms with Gasteiger partial charge in [-0.1, -0.05) is 36.2 Å². The van der Waals surface area contributed by atoms with Crippen LogP contribution in [0.25, 0.3) is 0 Å². The van der Waals surface area contributed by atoms with Gasteiger partial charge in [0.25, 0.3) is 0 Å². The second-order valence-corrected chi connectivity index (χ2v) is 6.04. The summed E-state index contributed by atoms with van der Waals surface area (Å²) in [7, 11) is 0. The van der Waals surface area contributed by atoms with Crippen molar-refractivity contribution in [1.82, 2.24) is 0 Å². The van der Waals surface area contributed by atoms with E-state index in [9.17, 15) is 9.90 Å². The summed E-state index contributed by atoms with van der Waals surface area (Å²) in [5.74, 6) is 0.267. The summed E-state index contributed by atoms with van der Waals surface area (Å²) in [6.45, 7) is 0. The number of ether oxygens (including phenoxy) is 1. The third kappa shape index (κ3) is 4.61. The molecular formula is C16H22ClNO3. The van der Waals surface area contributed by atoms with Crippen LogP contribution in [0.3, 0.4) is 0 Å². The molecule has 1 fully saturated rings. The number of carbonyl (C=O) groups is 1. The van der Waals surface area contributed by atoms with Crippen LogP contribution in [0.5, 0.6) is 0 Å². The lowest BCUT2D eigenvalue weighted by Crippen LogP contribution is -2.32. The Morgan fingerprint density at radius 3 is 2.81 bits per heavy atom. The van der Waals surface area contributed by atoms with Gasteiger partial charge in [-0.15, -0.1) is 0 Å². The predicted octanol–water partition coefficient (Wildman–Crippen LogP) is 3.81. The maximum absolute atomic E-state index is 11.0. The Bertz CT molecular complexity index is 480. The van der Waals surface area contributed by atoms with E-state index >= 15 is 0 Å². The van der Waals surface area contributed by atoms with Crippen LogP contribution >= 0.6 is 11.6 Å². The monoisotopic (exact) mass is 311 g/mol. The lowest BCUT2D eigenvalue weighted by atomic mass is 9.82. The number of nitrogens with two attached hydrogens (primary N) is 1. The van der Waals surface area contributed by atoms with Crippen molar-refractivity contribution in [2.45, 2.75) is 50.7 Å². The first-order valence-electron chi connectivity index (χ1n) is 7.46. The zero-order valence-electron chi connectivity index (χ0n) is 12.0. The number of carbonyl (C=O) groups excluding carboxylic acids is 1. The molecule has 3 N–H and O–H groups in total. The summed E-state index contributed by atoms with van der Waals surface area (Å²) >= 11 is 6.09. The van der Waals surface area contributed by atoms with E-state index in [1.807, 2.05) is 18.2 Å². The zero-order valence-corrected chi connectivity index (χ0v) is 12.8. The highest BCUT2D eigenvalue weighted by Crippen LogP contribution is 2.33. The fraction of sp³-hybridized carbons (Fsp3) is 0.562. The molecule has 1 saturated carbocycles. The molecule has 0 radical (unpaired) electrons. The normalized spacial score (nSPS) is 23.5. The van der Waals surface area contributed by atoms with Crippen LogP contribution in [0.15, 0.2) is 24.3 Å². The number of halogens is 1. The Morgan fingerprint density at radius 2 is 2.10 bits per heavy atom. The largest absolute Gasteiger partial charge is 0.446 e. The molecule has 1 aliphatic carbocycles. The van der Waals surface area contributed by atoms with E-state index in [0.29, 0.717) is 11.4 Å². The van der Waals surface area contributed by atoms with Crippen molar-refractivity contribution < 1.29 is 14.6 Å². The number of aliphatic hydroxyl groups excluding tert-OH is 1. The molecule has 0 bridgehead atoms. The van der Waals surface area contributed by atoms with Gasteiger partial charge < -0.3 is 15.6 Å². The molecule has 1 aromatic rings. The highest BCUT2D eigenvalue weighted by Gasteiger charge is 2.28. The molecule has 1 aliphatic rings. The van der Waals surface area contributed by atoms with E-state index < -0.39 is 12.2 Å². The van der Waals surface area contributed by atoms with E-state index in [0.717, 1.165) is 37.7 Å². The van der Waals surface area contributed by atoms with Gasteiger partial charge in [0.05, 0.1) is 6.10 Å². The van der Waals surface area contributed by atoms with Crippen molar-refractivity contribution in [2.75, 3.05) is 0 Å². The second-order valence-electron chi connectivity index (χ2n) is 5.63. The van der Waals surface area contributed by atoms with E-state index in [1.165, 1.54) is 0 Å². The minimum Gasteiger partial charge on any atom is -0.446 e. The van der Waals surface area contributed by atoms with Crippen LogP contribution in [0, 0.1) is 5.92 Å². The van der Waals surface area contributed by atoms with Gasteiger partial charge in [0.2, 0.25) is 0 Å². The highest BCUT2D eigenvalue weighted by molar-refractivity contribution is 6.31. The smallest absolute Gasteiger partial charge is 0.404 e. The molecule has 0 heterocycles. The summed E-state index contributed by atoms with van der Waals surface area (Å²) in [5, 5.41) is 10.9. The van der Waals surface area contributed by atoms with E-state index in [4.69, 9.17) is 22.1 Å². The average Bonchev–Trinajstić information content (AvgIpc) is 2.46. The number of primary amides is 1. The third-order valence-electron chi connectivity index (χ3n) is 4.18. The van der Waals surface area contributed by atoms with Crippen molar-refractivity contribution in [3.05, 3.63) is 34.9 Å². The molecule has 2 rings (SSSR count). The van der Waals surface area contributed by atoms with Crippen LogP contribution in [0.1, 0.15) is 50.2 Å². The Balaban J connectivity index is 1.91. The summed E-state index contributed by atoms with van der Waals surface area (Å²) < 4.78 is 5.20. The molecule has 1 amide bonds. The number of benzene rings is 1. The van der Waals surface area contributed by atoms with E-state index in [-0.39, 0.29) is 12.0 Å². The van der Waals surface area contributed by atoms with Crippen molar-refractivity contribution >= 4 is 17.7 Å². The first-order valence-corrected chi connectivity index (χ1v) is 7.84. The zero-order chi connectivity index (χ0) is 15.2. The Labute approximate surface area is 130 Å². The fourth-order valence-corrected chi connectivity index (χ4v) is 3.34. The number of aliphatic hydroxyl groups is 1. The maximum Gasteiger partial charge on any atom is 0.404 e. The number of rotatable bonds is 5. The molecule has 1 aromatic carbocycles. The number of hydrogen-bond donors (Lipinski definition) is 2. The first kappa shape index (κ1) is 16.1. The number of hydrogen-bond acceptors (Lipinski definition) is 3. The van der Waals surface area contributed by atoms with Gasteiger partial charge in [-0.25, -0.2) is 4.79 Å². The van der Waals surface area contributed by atoms with Gasteiger partial charge in [-0.2, -0.15) is 0 Å². The van der Waals surface area contributed by atoms with Gasteiger partial charge in [0.15, 0.2) is 0 Å². The molecule has 0 saturated heterocycles. The van der Waals surface area contributed by atoms with Crippen molar-refractivity contribution in [2.24, 2.45) is 11.7 Å². The van der Waals surface area contributed by atoms with Crippen LogP contribution in [0.4, 0.5) is 4.79 Å². The molecule has 0 unspecified atom stereocenters. The molecule has 0 spiro atoms. The molecule has 21 heavy (non-hydrogen) atoms. The van der Waals surface area contributed by atoms with Crippen molar-refractivity contribution in [3.63, 3.8) is 0 Å². The van der Waals surface area contributed by atoms with Gasteiger partial charge >= 0.3 is 6.09 Å². The van der Waals surface area contributed by atoms with Crippen molar-refractivity contribution in [3.8, 4) is 0 Å². The lowest BCUT2D eigenvalue weighted by molar-refractivity contribution is 0.0328. The molecule has 0 aromatic heterocycles. The summed E-state index contributed by atoms with van der Waals surface area (Å²) in [4.78, 5) is 11.0. The van der Waals surface area contributed by atoms with E-state index in [1.54, 1.807) is 6.07 Å². The molecule has 0 aliphatic heterocycles. The van der Waals surface area contributed by atoms with Gasteiger partial charge in [-0.05, 0) is 49.7 Å². The Morgan fingerprint density at radius 1 is 1.38 bits per heavy atom. The molecule has 116 valence electrons. The van der Waals surface area contributed by atoms with Crippen molar-refractivity contribution in [1.29, 1.82) is 0 Å². The Kier molecular flexibility index (Phi) is 5.88. The third-order valence-corrected chi connectivity index (χ3v) is 4.53. The average molecular weight is 312 g/mol. The second kappa shape index (κ2) is 7.66. The van der Waals surface area contributed by atoms with Gasteiger partial charge in [-0.3, -0.25) is 0 Å². The quantitative estimate of drug-likeness (QED) is 0.868.